The van der Waals surface area contributed by atoms with Gasteiger partial charge < -0.3 is 19.7 Å². The molecule has 1 fully saturated rings. The quantitative estimate of drug-likeness (QED) is 0.689. The van der Waals surface area contributed by atoms with Crippen LogP contribution in [-0.4, -0.2) is 45.7 Å². The Kier molecular flexibility index (Phi) is 4.93. The number of hydrogen-bond acceptors (Lipinski definition) is 6. The number of likely N-dealkylation sites (N-methyl/N-ethyl adjacent to an activating group) is 1. The second-order valence-corrected chi connectivity index (χ2v) is 7.47. The number of phenolic OH excluding ortho intramolecular Hbond substituents is 1. The molecule has 6 nitrogen and oxygen atoms in total. The van der Waals surface area contributed by atoms with Gasteiger partial charge in [0.1, 0.15) is 5.75 Å². The molecule has 2 aromatic heterocycles. The van der Waals surface area contributed by atoms with E-state index in [4.69, 9.17) is 16.0 Å². The topological polar surface area (TPSA) is 74.4 Å². The first-order chi connectivity index (χ1) is 13.0. The third-order valence-electron chi connectivity index (χ3n) is 5.07. The van der Waals surface area contributed by atoms with E-state index in [-0.39, 0.29) is 5.75 Å². The van der Waals surface area contributed by atoms with Gasteiger partial charge in [-0.1, -0.05) is 18.5 Å². The van der Waals surface area contributed by atoms with Crippen molar-refractivity contribution in [2.75, 3.05) is 25.0 Å². The molecular weight excluding hydrogens is 364 g/mol. The molecule has 0 radical (unpaired) electrons. The van der Waals surface area contributed by atoms with Gasteiger partial charge in [-0.2, -0.15) is 4.98 Å². The molecule has 3 aromatic rings. The summed E-state index contributed by atoms with van der Waals surface area (Å²) in [7, 11) is 0. The largest absolute Gasteiger partial charge is 0.507 e. The van der Waals surface area contributed by atoms with Gasteiger partial charge in [0.05, 0.1) is 5.69 Å². The Morgan fingerprint density at radius 3 is 2.96 bits per heavy atom. The van der Waals surface area contributed by atoms with Gasteiger partial charge in [-0.3, -0.25) is 0 Å². The van der Waals surface area contributed by atoms with E-state index in [1.165, 1.54) is 12.5 Å². The van der Waals surface area contributed by atoms with E-state index >= 15 is 0 Å². The van der Waals surface area contributed by atoms with Gasteiger partial charge in [-0.15, -0.1) is 0 Å². The van der Waals surface area contributed by atoms with E-state index in [1.54, 1.807) is 6.07 Å². The van der Waals surface area contributed by atoms with Crippen LogP contribution in [0.5, 0.6) is 5.75 Å². The van der Waals surface area contributed by atoms with Crippen LogP contribution in [0.15, 0.2) is 28.7 Å². The highest BCUT2D eigenvalue weighted by molar-refractivity contribution is 6.31. The minimum atomic E-state index is 0.107. The van der Waals surface area contributed by atoms with Gasteiger partial charge in [-0.05, 0) is 62.7 Å². The maximum Gasteiger partial charge on any atom is 0.297 e. The van der Waals surface area contributed by atoms with Crippen LogP contribution in [0.1, 0.15) is 25.3 Å². The number of pyridine rings is 1. The predicted molar refractivity (Wildman–Crippen MR) is 107 cm³/mol. The highest BCUT2D eigenvalue weighted by Crippen LogP contribution is 2.35. The van der Waals surface area contributed by atoms with Gasteiger partial charge in [0.25, 0.3) is 6.01 Å². The molecule has 1 aromatic carbocycles. The zero-order valence-electron chi connectivity index (χ0n) is 15.5. The Bertz CT molecular complexity index is 949. The minimum absolute atomic E-state index is 0.107. The molecule has 142 valence electrons. The summed E-state index contributed by atoms with van der Waals surface area (Å²) in [6.07, 6.45) is 2.27. The molecule has 1 aliphatic rings. The Labute approximate surface area is 163 Å². The molecule has 0 aliphatic carbocycles. The summed E-state index contributed by atoms with van der Waals surface area (Å²) in [5.41, 5.74) is 3.30. The number of piperidine rings is 1. The number of halogens is 1. The molecule has 3 heterocycles. The number of oxazole rings is 1. The van der Waals surface area contributed by atoms with E-state index in [0.29, 0.717) is 39.6 Å². The number of nitrogens with zero attached hydrogens (tertiary/aromatic N) is 3. The van der Waals surface area contributed by atoms with E-state index in [1.807, 2.05) is 19.1 Å². The standard InChI is InChI=1S/C20H23ClN4O2/c1-3-25-8-4-5-14(11-25)22-20-24-19-17(27-20)7-6-15(23-19)18-12(2)9-13(21)10-16(18)26/h6-7,9-10,14,26H,3-5,8,11H2,1-2H3,(H,22,23,24)/t14-/m1/s1. The molecule has 0 saturated carbocycles. The molecule has 0 spiro atoms. The van der Waals surface area contributed by atoms with Crippen LogP contribution in [0.4, 0.5) is 6.01 Å². The summed E-state index contributed by atoms with van der Waals surface area (Å²) in [6, 6.07) is 7.81. The average molecular weight is 387 g/mol. The van der Waals surface area contributed by atoms with Crippen LogP contribution in [-0.2, 0) is 0 Å². The summed E-state index contributed by atoms with van der Waals surface area (Å²) in [5, 5.41) is 14.2. The third-order valence-corrected chi connectivity index (χ3v) is 5.29. The normalized spacial score (nSPS) is 18.1. The lowest BCUT2D eigenvalue weighted by molar-refractivity contribution is 0.225. The van der Waals surface area contributed by atoms with E-state index < -0.39 is 0 Å². The first kappa shape index (κ1) is 18.1. The summed E-state index contributed by atoms with van der Waals surface area (Å²) < 4.78 is 5.82. The van der Waals surface area contributed by atoms with Gasteiger partial charge >= 0.3 is 0 Å². The zero-order chi connectivity index (χ0) is 19.0. The number of phenols is 1. The second-order valence-electron chi connectivity index (χ2n) is 7.03. The molecule has 2 N–H and O–H groups in total. The van der Waals surface area contributed by atoms with Crippen molar-refractivity contribution in [3.05, 3.63) is 34.9 Å². The number of benzene rings is 1. The Morgan fingerprint density at radius 2 is 2.19 bits per heavy atom. The van der Waals surface area contributed by atoms with E-state index in [0.717, 1.165) is 31.6 Å². The highest BCUT2D eigenvalue weighted by Gasteiger charge is 2.21. The fourth-order valence-corrected chi connectivity index (χ4v) is 3.98. The first-order valence-corrected chi connectivity index (χ1v) is 9.67. The van der Waals surface area contributed by atoms with Crippen LogP contribution >= 0.6 is 11.6 Å². The molecule has 4 rings (SSSR count). The maximum absolute atomic E-state index is 10.3. The number of aromatic hydroxyl groups is 1. The summed E-state index contributed by atoms with van der Waals surface area (Å²) in [5.74, 6) is 0.107. The van der Waals surface area contributed by atoms with Gasteiger partial charge in [-0.25, -0.2) is 4.98 Å². The fraction of sp³-hybridized carbons (Fsp3) is 0.400. The lowest BCUT2D eigenvalue weighted by Crippen LogP contribution is -2.41. The van der Waals surface area contributed by atoms with Crippen molar-refractivity contribution in [2.45, 2.75) is 32.7 Å². The average Bonchev–Trinajstić information content (AvgIpc) is 3.02. The smallest absolute Gasteiger partial charge is 0.297 e. The van der Waals surface area contributed by atoms with Crippen molar-refractivity contribution >= 4 is 28.8 Å². The number of aryl methyl sites for hydroxylation is 1. The number of likely N-dealkylation sites (tertiary alicyclic amines) is 1. The summed E-state index contributed by atoms with van der Waals surface area (Å²) in [6.45, 7) is 7.27. The molecule has 1 atom stereocenters. The zero-order valence-corrected chi connectivity index (χ0v) is 16.3. The van der Waals surface area contributed by atoms with Gasteiger partial charge in [0.2, 0.25) is 5.65 Å². The van der Waals surface area contributed by atoms with Crippen LogP contribution in [0, 0.1) is 6.92 Å². The predicted octanol–water partition coefficient (Wildman–Crippen LogP) is 4.45. The van der Waals surface area contributed by atoms with Crippen molar-refractivity contribution in [1.29, 1.82) is 0 Å². The number of fused-ring (bicyclic) bond motifs is 1. The van der Waals surface area contributed by atoms with Crippen molar-refractivity contribution in [3.63, 3.8) is 0 Å². The van der Waals surface area contributed by atoms with Gasteiger partial charge in [0, 0.05) is 23.2 Å². The monoisotopic (exact) mass is 386 g/mol. The molecule has 0 unspecified atom stereocenters. The molecule has 1 aliphatic heterocycles. The van der Waals surface area contributed by atoms with Crippen molar-refractivity contribution in [2.24, 2.45) is 0 Å². The molecule has 27 heavy (non-hydrogen) atoms. The van der Waals surface area contributed by atoms with Crippen LogP contribution in [0.2, 0.25) is 5.02 Å². The number of nitrogens with one attached hydrogen (secondary N) is 1. The molecule has 1 saturated heterocycles. The Balaban J connectivity index is 1.61. The molecule has 7 heteroatoms. The van der Waals surface area contributed by atoms with Crippen LogP contribution in [0.25, 0.3) is 22.5 Å². The summed E-state index contributed by atoms with van der Waals surface area (Å²) in [4.78, 5) is 11.5. The number of aromatic nitrogens is 2. The first-order valence-electron chi connectivity index (χ1n) is 9.29. The maximum atomic E-state index is 10.3. The van der Waals surface area contributed by atoms with E-state index in [9.17, 15) is 5.11 Å². The van der Waals surface area contributed by atoms with Crippen molar-refractivity contribution in [3.8, 4) is 17.0 Å². The van der Waals surface area contributed by atoms with Crippen LogP contribution in [0.3, 0.4) is 0 Å². The van der Waals surface area contributed by atoms with Gasteiger partial charge in [0.15, 0.2) is 5.58 Å². The number of hydrogen-bond donors (Lipinski definition) is 2. The van der Waals surface area contributed by atoms with Crippen LogP contribution < -0.4 is 5.32 Å². The Hall–Kier alpha value is -2.31. The van der Waals surface area contributed by atoms with Crippen molar-refractivity contribution < 1.29 is 9.52 Å². The number of rotatable bonds is 4. The molecule has 0 bridgehead atoms. The van der Waals surface area contributed by atoms with Crippen molar-refractivity contribution in [1.82, 2.24) is 14.9 Å². The fourth-order valence-electron chi connectivity index (χ4n) is 3.71. The third kappa shape index (κ3) is 3.73. The lowest BCUT2D eigenvalue weighted by atomic mass is 10.0. The Morgan fingerprint density at radius 1 is 1.33 bits per heavy atom. The SMILES string of the molecule is CCN1CCC[C@@H](Nc2nc3nc(-c4c(C)cc(Cl)cc4O)ccc3o2)C1. The second kappa shape index (κ2) is 7.37. The summed E-state index contributed by atoms with van der Waals surface area (Å²) >= 11 is 6.00. The minimum Gasteiger partial charge on any atom is -0.507 e. The molecular formula is C20H23ClN4O2. The lowest BCUT2D eigenvalue weighted by Gasteiger charge is -2.31. The van der Waals surface area contributed by atoms with E-state index in [2.05, 4.69) is 27.1 Å². The highest BCUT2D eigenvalue weighted by atomic mass is 35.5. The number of anilines is 1. The molecule has 0 amide bonds.